The average Bonchev–Trinajstić information content (AvgIpc) is 2.94. The van der Waals surface area contributed by atoms with Crippen LogP contribution in [0.4, 0.5) is 4.39 Å². The van der Waals surface area contributed by atoms with Crippen molar-refractivity contribution < 1.29 is 13.5 Å². The van der Waals surface area contributed by atoms with Crippen molar-refractivity contribution >= 4 is 23.4 Å². The van der Waals surface area contributed by atoms with Crippen LogP contribution in [0.25, 0.3) is 11.0 Å². The van der Waals surface area contributed by atoms with E-state index in [1.165, 1.54) is 0 Å². The molecule has 0 saturated heterocycles. The molecule has 1 N–H and O–H groups in total. The van der Waals surface area contributed by atoms with E-state index in [9.17, 15) is 4.39 Å². The maximum atomic E-state index is 14.6. The van der Waals surface area contributed by atoms with E-state index in [4.69, 9.17) is 9.15 Å². The molecule has 0 spiro atoms. The van der Waals surface area contributed by atoms with Gasteiger partial charge in [-0.3, -0.25) is 0 Å². The molecule has 3 rings (SSSR count). The number of rotatable bonds is 6. The molecule has 0 fully saturated rings. The molecular weight excluding hydrogens is 329 g/mol. The molecule has 0 aliphatic rings. The van der Waals surface area contributed by atoms with E-state index < -0.39 is 12.3 Å². The molecule has 2 atom stereocenters. The highest BCUT2D eigenvalue weighted by atomic mass is 35.5. The average molecular weight is 350 g/mol. The first-order valence-electron chi connectivity index (χ1n) is 7.68. The second kappa shape index (κ2) is 8.18. The Balaban J connectivity index is 0.00000208. The highest BCUT2D eigenvalue weighted by Gasteiger charge is 2.25. The van der Waals surface area contributed by atoms with Crippen molar-refractivity contribution in [3.05, 3.63) is 65.9 Å². The van der Waals surface area contributed by atoms with Crippen molar-refractivity contribution in [1.82, 2.24) is 5.32 Å². The molecule has 2 aromatic carbocycles. The van der Waals surface area contributed by atoms with E-state index in [1.54, 1.807) is 7.05 Å². The minimum absolute atomic E-state index is 0. The summed E-state index contributed by atoms with van der Waals surface area (Å²) in [7, 11) is 1.73. The molecule has 128 valence electrons. The highest BCUT2D eigenvalue weighted by Crippen LogP contribution is 2.33. The van der Waals surface area contributed by atoms with E-state index >= 15 is 0 Å². The van der Waals surface area contributed by atoms with Crippen LogP contribution < -0.4 is 10.1 Å². The largest absolute Gasteiger partial charge is 0.479 e. The molecule has 0 radical (unpaired) electrons. The van der Waals surface area contributed by atoms with E-state index in [0.717, 1.165) is 16.7 Å². The third kappa shape index (κ3) is 3.89. The number of hydrogen-bond acceptors (Lipinski definition) is 3. The van der Waals surface area contributed by atoms with Crippen LogP contribution in [0.3, 0.4) is 0 Å². The highest BCUT2D eigenvalue weighted by molar-refractivity contribution is 5.85. The second-order valence-electron chi connectivity index (χ2n) is 5.55. The lowest BCUT2D eigenvalue weighted by Crippen LogP contribution is -2.29. The lowest BCUT2D eigenvalue weighted by atomic mass is 10.0. The van der Waals surface area contributed by atoms with Crippen molar-refractivity contribution in [2.45, 2.75) is 19.2 Å². The molecular formula is C19H21ClFNO2. The number of para-hydroxylation sites is 1. The molecule has 3 nitrogen and oxygen atoms in total. The van der Waals surface area contributed by atoms with Gasteiger partial charge in [-0.25, -0.2) is 4.39 Å². The van der Waals surface area contributed by atoms with Gasteiger partial charge < -0.3 is 14.5 Å². The molecule has 3 aromatic rings. The third-order valence-corrected chi connectivity index (χ3v) is 3.74. The summed E-state index contributed by atoms with van der Waals surface area (Å²) in [5.41, 5.74) is 1.46. The zero-order valence-corrected chi connectivity index (χ0v) is 14.5. The zero-order chi connectivity index (χ0) is 16.2. The lowest BCUT2D eigenvalue weighted by molar-refractivity contribution is 0.101. The number of alkyl halides is 1. The minimum atomic E-state index is -1.17. The predicted octanol–water partition coefficient (Wildman–Crippen LogP) is 4.84. The van der Waals surface area contributed by atoms with Gasteiger partial charge in [0.05, 0.1) is 0 Å². The first kappa shape index (κ1) is 18.3. The molecule has 5 heteroatoms. The number of aryl methyl sites for hydroxylation is 1. The third-order valence-electron chi connectivity index (χ3n) is 3.74. The van der Waals surface area contributed by atoms with Gasteiger partial charge in [0.1, 0.15) is 5.76 Å². The number of hydrogen-bond donors (Lipinski definition) is 1. The van der Waals surface area contributed by atoms with E-state index in [2.05, 4.69) is 5.32 Å². The normalized spacial score (nSPS) is 13.3. The maximum absolute atomic E-state index is 14.6. The van der Waals surface area contributed by atoms with Crippen molar-refractivity contribution in [3.63, 3.8) is 0 Å². The summed E-state index contributed by atoms with van der Waals surface area (Å²) < 4.78 is 26.4. The molecule has 0 amide bonds. The Kier molecular flexibility index (Phi) is 6.23. The molecule has 0 saturated carbocycles. The maximum Gasteiger partial charge on any atom is 0.176 e. The summed E-state index contributed by atoms with van der Waals surface area (Å²) in [5.74, 6) is 1.36. The molecule has 0 bridgehead atoms. The molecule has 0 aliphatic carbocycles. The van der Waals surface area contributed by atoms with E-state index in [-0.39, 0.29) is 19.0 Å². The van der Waals surface area contributed by atoms with Crippen LogP contribution in [0.15, 0.2) is 59.0 Å². The summed E-state index contributed by atoms with van der Waals surface area (Å²) in [4.78, 5) is 0. The number of fused-ring (bicyclic) bond motifs is 1. The van der Waals surface area contributed by atoms with Crippen LogP contribution in [0.5, 0.6) is 5.75 Å². The van der Waals surface area contributed by atoms with Crippen LogP contribution in [-0.4, -0.2) is 19.8 Å². The van der Waals surface area contributed by atoms with Gasteiger partial charge in [-0.15, -0.1) is 12.4 Å². The van der Waals surface area contributed by atoms with Crippen molar-refractivity contribution in [1.29, 1.82) is 0 Å². The van der Waals surface area contributed by atoms with Crippen molar-refractivity contribution in [2.24, 2.45) is 0 Å². The monoisotopic (exact) mass is 349 g/mol. The number of nitrogens with one attached hydrogen (secondary N) is 1. The molecule has 1 heterocycles. The summed E-state index contributed by atoms with van der Waals surface area (Å²) in [6.07, 6.45) is -1.87. The summed E-state index contributed by atoms with van der Waals surface area (Å²) in [6, 6.07) is 17.0. The van der Waals surface area contributed by atoms with E-state index in [0.29, 0.717) is 11.3 Å². The van der Waals surface area contributed by atoms with Crippen molar-refractivity contribution in [2.75, 3.05) is 13.6 Å². The first-order chi connectivity index (χ1) is 11.2. The Labute approximate surface area is 147 Å². The van der Waals surface area contributed by atoms with Gasteiger partial charge in [0, 0.05) is 11.9 Å². The Morgan fingerprint density at radius 1 is 1.12 bits per heavy atom. The van der Waals surface area contributed by atoms with Crippen LogP contribution >= 0.6 is 12.4 Å². The molecule has 24 heavy (non-hydrogen) atoms. The van der Waals surface area contributed by atoms with Crippen molar-refractivity contribution in [3.8, 4) is 5.75 Å². The zero-order valence-electron chi connectivity index (χ0n) is 13.7. The Hall–Kier alpha value is -2.04. The fourth-order valence-electron chi connectivity index (χ4n) is 2.69. The number of benzene rings is 2. The molecule has 0 aliphatic heterocycles. The Morgan fingerprint density at radius 2 is 1.88 bits per heavy atom. The van der Waals surface area contributed by atoms with Crippen LogP contribution in [-0.2, 0) is 0 Å². The van der Waals surface area contributed by atoms with Crippen LogP contribution in [0.1, 0.15) is 17.4 Å². The van der Waals surface area contributed by atoms with Gasteiger partial charge in [-0.05, 0) is 31.7 Å². The van der Waals surface area contributed by atoms with Gasteiger partial charge in [0.2, 0.25) is 0 Å². The van der Waals surface area contributed by atoms with Gasteiger partial charge in [0.15, 0.2) is 23.6 Å². The standard InChI is InChI=1S/C19H20FNO2.ClH/c1-13-11-15-9-6-10-17(19(15)22-13)23-18(16(20)12-21-2)14-7-4-3-5-8-14;/h3-11,16,18,21H,12H2,1-2H3;1H/t16-,18-;/m0./s1. The summed E-state index contributed by atoms with van der Waals surface area (Å²) >= 11 is 0. The first-order valence-corrected chi connectivity index (χ1v) is 7.68. The minimum Gasteiger partial charge on any atom is -0.479 e. The fraction of sp³-hybridized carbons (Fsp3) is 0.263. The Bertz CT molecular complexity index is 775. The second-order valence-corrected chi connectivity index (χ2v) is 5.55. The van der Waals surface area contributed by atoms with Gasteiger partial charge in [-0.1, -0.05) is 42.5 Å². The number of ether oxygens (including phenoxy) is 1. The van der Waals surface area contributed by atoms with Crippen LogP contribution in [0, 0.1) is 6.92 Å². The fourth-order valence-corrected chi connectivity index (χ4v) is 2.69. The number of furan rings is 1. The molecule has 1 aromatic heterocycles. The van der Waals surface area contributed by atoms with E-state index in [1.807, 2.05) is 61.5 Å². The van der Waals surface area contributed by atoms with Gasteiger partial charge in [0.25, 0.3) is 0 Å². The lowest BCUT2D eigenvalue weighted by Gasteiger charge is -2.23. The smallest absolute Gasteiger partial charge is 0.176 e. The van der Waals surface area contributed by atoms with Gasteiger partial charge in [-0.2, -0.15) is 0 Å². The summed E-state index contributed by atoms with van der Waals surface area (Å²) in [6.45, 7) is 2.10. The Morgan fingerprint density at radius 3 is 2.58 bits per heavy atom. The van der Waals surface area contributed by atoms with Crippen LogP contribution in [0.2, 0.25) is 0 Å². The number of halogens is 2. The molecule has 0 unspecified atom stereocenters. The SMILES string of the molecule is CNC[C@H](F)[C@@H](Oc1cccc2cc(C)oc12)c1ccccc1.Cl. The summed E-state index contributed by atoms with van der Waals surface area (Å²) in [5, 5.41) is 3.82. The predicted molar refractivity (Wildman–Crippen MR) is 96.8 cm³/mol. The quantitative estimate of drug-likeness (QED) is 0.691. The topological polar surface area (TPSA) is 34.4 Å². The van der Waals surface area contributed by atoms with Gasteiger partial charge >= 0.3 is 0 Å².